The molecule has 0 unspecified atom stereocenters. The fraction of sp³-hybridized carbons (Fsp3) is 0.440. The first kappa shape index (κ1) is 27.4. The number of likely N-dealkylation sites (tertiary alicyclic amines) is 1. The lowest BCUT2D eigenvalue weighted by molar-refractivity contribution is -0.145. The summed E-state index contributed by atoms with van der Waals surface area (Å²) in [6.45, 7) is 4.63. The van der Waals surface area contributed by atoms with Crippen LogP contribution in [0.15, 0.2) is 47.4 Å². The molecule has 0 spiro atoms. The molecule has 12 heteroatoms. The van der Waals surface area contributed by atoms with Gasteiger partial charge >= 0.3 is 17.8 Å². The molecule has 37 heavy (non-hydrogen) atoms. The van der Waals surface area contributed by atoms with Crippen molar-refractivity contribution in [3.8, 4) is 0 Å². The Bertz CT molecular complexity index is 1210. The molecule has 0 saturated carbocycles. The van der Waals surface area contributed by atoms with E-state index in [-0.39, 0.29) is 12.4 Å². The topological polar surface area (TPSA) is 151 Å². The van der Waals surface area contributed by atoms with Gasteiger partial charge in [0.05, 0.1) is 6.04 Å². The highest BCUT2D eigenvalue weighted by Gasteiger charge is 2.34. The number of rotatable bonds is 8. The lowest BCUT2D eigenvalue weighted by Crippen LogP contribution is -2.49. The number of hydrogen-bond donors (Lipinski definition) is 2. The lowest BCUT2D eigenvalue weighted by atomic mass is 10.2. The van der Waals surface area contributed by atoms with Gasteiger partial charge in [-0.2, -0.15) is 4.98 Å². The minimum atomic E-state index is -1.22. The maximum atomic E-state index is 13.0. The van der Waals surface area contributed by atoms with E-state index >= 15 is 0 Å². The summed E-state index contributed by atoms with van der Waals surface area (Å²) >= 11 is 0. The molecule has 1 aliphatic rings. The van der Waals surface area contributed by atoms with Gasteiger partial charge in [-0.1, -0.05) is 18.2 Å². The number of aliphatic carboxylic acids is 1. The number of nitrogens with zero attached hydrogens (tertiary/aromatic N) is 4. The van der Waals surface area contributed by atoms with Crippen molar-refractivity contribution < 1.29 is 29.0 Å². The third-order valence-electron chi connectivity index (χ3n) is 5.57. The van der Waals surface area contributed by atoms with Gasteiger partial charge in [-0.3, -0.25) is 19.0 Å². The molecular formula is C25H31N5O7. The molecule has 1 fully saturated rings. The predicted octanol–water partition coefficient (Wildman–Crippen LogP) is 1.81. The van der Waals surface area contributed by atoms with E-state index in [0.29, 0.717) is 24.9 Å². The number of hydrogen-bond acceptors (Lipinski definition) is 7. The first-order chi connectivity index (χ1) is 17.4. The Kier molecular flexibility index (Phi) is 8.64. The van der Waals surface area contributed by atoms with Crippen molar-refractivity contribution >= 4 is 29.7 Å². The van der Waals surface area contributed by atoms with Crippen LogP contribution in [-0.2, 0) is 20.9 Å². The zero-order chi connectivity index (χ0) is 27.2. The van der Waals surface area contributed by atoms with Crippen molar-refractivity contribution in [1.29, 1.82) is 0 Å². The van der Waals surface area contributed by atoms with E-state index in [0.717, 1.165) is 9.47 Å². The summed E-state index contributed by atoms with van der Waals surface area (Å²) in [4.78, 5) is 68.2. The van der Waals surface area contributed by atoms with Crippen molar-refractivity contribution in [3.63, 3.8) is 0 Å². The van der Waals surface area contributed by atoms with Gasteiger partial charge in [0.1, 0.15) is 24.5 Å². The summed E-state index contributed by atoms with van der Waals surface area (Å²) in [6.07, 6.45) is 2.06. The Balaban J connectivity index is 1.68. The number of aromatic nitrogens is 2. The normalized spacial score (nSPS) is 15.2. The van der Waals surface area contributed by atoms with Gasteiger partial charge in [0.25, 0.3) is 5.91 Å². The van der Waals surface area contributed by atoms with E-state index in [2.05, 4.69) is 10.3 Å². The van der Waals surface area contributed by atoms with Gasteiger partial charge in [0.15, 0.2) is 0 Å². The highest BCUT2D eigenvalue weighted by molar-refractivity contribution is 6.03. The number of carbonyl (C=O) groups is 4. The smallest absolute Gasteiger partial charge is 0.410 e. The van der Waals surface area contributed by atoms with E-state index in [1.54, 1.807) is 51.1 Å². The average molecular weight is 514 g/mol. The van der Waals surface area contributed by atoms with Crippen LogP contribution in [-0.4, -0.2) is 79.6 Å². The number of carboxylic acids is 1. The molecule has 2 aromatic rings. The molecule has 0 bridgehead atoms. The maximum Gasteiger partial charge on any atom is 0.410 e. The number of ether oxygens (including phenoxy) is 1. The highest BCUT2D eigenvalue weighted by Crippen LogP contribution is 2.22. The SMILES string of the molecule is CC(C)(C)OC(=O)N1CCC[C@@H]1CN(CC(=O)O)C(=O)Cn1ccc(NC(=O)c2ccccc2)nc1=O. The van der Waals surface area contributed by atoms with Crippen molar-refractivity contribution in [2.45, 2.75) is 51.8 Å². The third kappa shape index (κ3) is 7.89. The minimum absolute atomic E-state index is 0.0161. The number of carboxylic acid groups (broad SMARTS) is 1. The summed E-state index contributed by atoms with van der Waals surface area (Å²) < 4.78 is 6.46. The van der Waals surface area contributed by atoms with Crippen LogP contribution >= 0.6 is 0 Å². The molecule has 3 rings (SSSR count). The van der Waals surface area contributed by atoms with Crippen molar-refractivity contribution in [2.75, 3.05) is 25.0 Å². The second-order valence-electron chi connectivity index (χ2n) is 9.68. The average Bonchev–Trinajstić information content (AvgIpc) is 3.28. The van der Waals surface area contributed by atoms with Crippen molar-refractivity contribution in [1.82, 2.24) is 19.4 Å². The highest BCUT2D eigenvalue weighted by atomic mass is 16.6. The second-order valence-corrected chi connectivity index (χ2v) is 9.68. The largest absolute Gasteiger partial charge is 0.480 e. The minimum Gasteiger partial charge on any atom is -0.480 e. The number of carbonyl (C=O) groups excluding carboxylic acids is 3. The molecule has 3 amide bonds. The number of anilines is 1. The first-order valence-corrected chi connectivity index (χ1v) is 11.9. The quantitative estimate of drug-likeness (QED) is 0.542. The van der Waals surface area contributed by atoms with E-state index < -0.39 is 54.3 Å². The Labute approximate surface area is 213 Å². The van der Waals surface area contributed by atoms with Gasteiger partial charge in [-0.25, -0.2) is 9.59 Å². The van der Waals surface area contributed by atoms with Crippen LogP contribution < -0.4 is 11.0 Å². The molecule has 0 radical (unpaired) electrons. The zero-order valence-electron chi connectivity index (χ0n) is 21.0. The van der Waals surface area contributed by atoms with Gasteiger partial charge in [-0.05, 0) is 51.8 Å². The number of amides is 3. The van der Waals surface area contributed by atoms with Crippen molar-refractivity contribution in [2.24, 2.45) is 0 Å². The Morgan fingerprint density at radius 3 is 2.49 bits per heavy atom. The second kappa shape index (κ2) is 11.7. The summed E-state index contributed by atoms with van der Waals surface area (Å²) in [6, 6.07) is 9.35. The lowest BCUT2D eigenvalue weighted by Gasteiger charge is -2.31. The molecule has 1 atom stereocenters. The summed E-state index contributed by atoms with van der Waals surface area (Å²) in [5, 5.41) is 11.9. The molecule has 0 aliphatic carbocycles. The summed E-state index contributed by atoms with van der Waals surface area (Å²) in [5.74, 6) is -2.27. The molecule has 1 aliphatic heterocycles. The van der Waals surface area contributed by atoms with E-state index in [1.807, 2.05) is 0 Å². The zero-order valence-corrected chi connectivity index (χ0v) is 21.0. The van der Waals surface area contributed by atoms with E-state index in [9.17, 15) is 29.1 Å². The van der Waals surface area contributed by atoms with Gasteiger partial charge in [0.2, 0.25) is 5.91 Å². The number of nitrogens with one attached hydrogen (secondary N) is 1. The fourth-order valence-corrected chi connectivity index (χ4v) is 3.90. The van der Waals surface area contributed by atoms with Crippen molar-refractivity contribution in [3.05, 3.63) is 58.6 Å². The fourth-order valence-electron chi connectivity index (χ4n) is 3.90. The Morgan fingerprint density at radius 2 is 1.86 bits per heavy atom. The molecule has 1 aromatic heterocycles. The molecule has 1 saturated heterocycles. The molecule has 1 aromatic carbocycles. The van der Waals surface area contributed by atoms with Crippen LogP contribution in [0.2, 0.25) is 0 Å². The Morgan fingerprint density at radius 1 is 1.16 bits per heavy atom. The molecule has 2 N–H and O–H groups in total. The van der Waals surface area contributed by atoms with Crippen LogP contribution in [0, 0.1) is 0 Å². The van der Waals surface area contributed by atoms with Crippen LogP contribution in [0.4, 0.5) is 10.6 Å². The van der Waals surface area contributed by atoms with Crippen LogP contribution in [0.3, 0.4) is 0 Å². The first-order valence-electron chi connectivity index (χ1n) is 11.9. The third-order valence-corrected chi connectivity index (χ3v) is 5.57. The molecule has 2 heterocycles. The summed E-state index contributed by atoms with van der Waals surface area (Å²) in [5.41, 5.74) is -1.09. The Hall–Kier alpha value is -4.22. The predicted molar refractivity (Wildman–Crippen MR) is 133 cm³/mol. The van der Waals surface area contributed by atoms with Crippen LogP contribution in [0.25, 0.3) is 0 Å². The van der Waals surface area contributed by atoms with Crippen LogP contribution in [0.5, 0.6) is 0 Å². The maximum absolute atomic E-state index is 13.0. The van der Waals surface area contributed by atoms with Gasteiger partial charge in [0, 0.05) is 24.8 Å². The van der Waals surface area contributed by atoms with Gasteiger partial charge < -0.3 is 25.0 Å². The van der Waals surface area contributed by atoms with E-state index in [1.165, 1.54) is 17.2 Å². The molecule has 12 nitrogen and oxygen atoms in total. The van der Waals surface area contributed by atoms with Gasteiger partial charge in [-0.15, -0.1) is 0 Å². The van der Waals surface area contributed by atoms with Crippen LogP contribution in [0.1, 0.15) is 44.0 Å². The monoisotopic (exact) mass is 513 g/mol. The molecular weight excluding hydrogens is 482 g/mol. The molecule has 198 valence electrons. The standard InChI is InChI=1S/C25H31N5O7/c1-25(2,3)37-24(36)30-12-7-10-18(30)14-29(16-21(32)33)20(31)15-28-13-11-19(27-23(28)35)26-22(34)17-8-5-4-6-9-17/h4-6,8-9,11,13,18H,7,10,12,14-16H2,1-3H3,(H,32,33)(H,26,27,34,35)/t18-/m1/s1. The number of benzene rings is 1. The van der Waals surface area contributed by atoms with E-state index in [4.69, 9.17) is 4.74 Å². The summed E-state index contributed by atoms with van der Waals surface area (Å²) in [7, 11) is 0.